The molecule has 1 amide bonds. The van der Waals surface area contributed by atoms with E-state index in [-0.39, 0.29) is 29.2 Å². The van der Waals surface area contributed by atoms with Crippen LogP contribution in [0.25, 0.3) is 0 Å². The number of carbonyl (C=O) groups excluding carboxylic acids is 1. The molecule has 0 bridgehead atoms. The third kappa shape index (κ3) is 3.01. The molecule has 0 aliphatic carbocycles. The molecule has 116 valence electrons. The first kappa shape index (κ1) is 15.7. The van der Waals surface area contributed by atoms with Crippen molar-refractivity contribution < 1.29 is 17.6 Å². The van der Waals surface area contributed by atoms with Crippen LogP contribution < -0.4 is 11.5 Å². The van der Waals surface area contributed by atoms with Gasteiger partial charge in [-0.25, -0.2) is 12.8 Å². The van der Waals surface area contributed by atoms with Crippen LogP contribution in [0.1, 0.15) is 18.4 Å². The highest BCUT2D eigenvalue weighted by molar-refractivity contribution is 7.89. The second-order valence-corrected chi connectivity index (χ2v) is 7.16. The van der Waals surface area contributed by atoms with Crippen LogP contribution in [0.5, 0.6) is 0 Å². The molecule has 4 N–H and O–H groups in total. The molecule has 8 heteroatoms. The van der Waals surface area contributed by atoms with E-state index >= 15 is 0 Å². The molecule has 0 saturated carbocycles. The molecule has 0 aromatic heterocycles. The first-order valence-electron chi connectivity index (χ1n) is 6.58. The van der Waals surface area contributed by atoms with Crippen molar-refractivity contribution in [2.75, 3.05) is 18.8 Å². The molecule has 1 aliphatic heterocycles. The molecular weight excluding hydrogens is 297 g/mol. The van der Waals surface area contributed by atoms with Gasteiger partial charge in [0.05, 0.1) is 10.8 Å². The number of anilines is 1. The van der Waals surface area contributed by atoms with Gasteiger partial charge in [-0.1, -0.05) is 0 Å². The molecule has 0 spiro atoms. The normalized spacial score (nSPS) is 20.4. The lowest BCUT2D eigenvalue weighted by Gasteiger charge is -2.30. The number of primary amides is 1. The van der Waals surface area contributed by atoms with Crippen LogP contribution in [0.2, 0.25) is 0 Å². The maximum atomic E-state index is 13.7. The average molecular weight is 315 g/mol. The first-order valence-corrected chi connectivity index (χ1v) is 8.02. The third-order valence-electron chi connectivity index (χ3n) is 3.78. The molecule has 6 nitrogen and oxygen atoms in total. The zero-order valence-corrected chi connectivity index (χ0v) is 12.5. The van der Waals surface area contributed by atoms with Gasteiger partial charge in [0, 0.05) is 24.3 Å². The van der Waals surface area contributed by atoms with Gasteiger partial charge >= 0.3 is 0 Å². The van der Waals surface area contributed by atoms with E-state index in [1.54, 1.807) is 0 Å². The average Bonchev–Trinajstić information content (AvgIpc) is 2.44. The van der Waals surface area contributed by atoms with E-state index in [1.165, 1.54) is 13.0 Å². The Morgan fingerprint density at radius 2 is 2.10 bits per heavy atom. The predicted octanol–water partition coefficient (Wildman–Crippen LogP) is 0.602. The Labute approximate surface area is 123 Å². The quantitative estimate of drug-likeness (QED) is 0.797. The Morgan fingerprint density at radius 1 is 1.43 bits per heavy atom. The minimum Gasteiger partial charge on any atom is -0.398 e. The van der Waals surface area contributed by atoms with Crippen molar-refractivity contribution in [3.63, 3.8) is 0 Å². The topological polar surface area (TPSA) is 106 Å². The Hall–Kier alpha value is -1.67. The highest BCUT2D eigenvalue weighted by atomic mass is 32.2. The van der Waals surface area contributed by atoms with Gasteiger partial charge in [-0.3, -0.25) is 4.79 Å². The molecule has 0 radical (unpaired) electrons. The van der Waals surface area contributed by atoms with Crippen molar-refractivity contribution in [2.24, 2.45) is 11.7 Å². The molecular formula is C13H18FN3O3S. The number of hydrogen-bond acceptors (Lipinski definition) is 4. The van der Waals surface area contributed by atoms with E-state index in [4.69, 9.17) is 11.5 Å². The molecule has 1 unspecified atom stereocenters. The lowest BCUT2D eigenvalue weighted by atomic mass is 9.99. The minimum absolute atomic E-state index is 0.0209. The van der Waals surface area contributed by atoms with Crippen molar-refractivity contribution in [3.8, 4) is 0 Å². The lowest BCUT2D eigenvalue weighted by molar-refractivity contribution is -0.122. The maximum Gasteiger partial charge on any atom is 0.243 e. The van der Waals surface area contributed by atoms with Gasteiger partial charge < -0.3 is 11.5 Å². The van der Waals surface area contributed by atoms with E-state index < -0.39 is 27.7 Å². The Balaban J connectivity index is 2.36. The van der Waals surface area contributed by atoms with Crippen molar-refractivity contribution in [2.45, 2.75) is 24.7 Å². The van der Waals surface area contributed by atoms with E-state index in [9.17, 15) is 17.6 Å². The van der Waals surface area contributed by atoms with Crippen molar-refractivity contribution >= 4 is 21.6 Å². The number of sulfonamides is 1. The molecule has 1 heterocycles. The van der Waals surface area contributed by atoms with E-state index in [0.717, 1.165) is 10.4 Å². The second-order valence-electron chi connectivity index (χ2n) is 5.22. The van der Waals surface area contributed by atoms with Crippen LogP contribution in [0.3, 0.4) is 0 Å². The molecule has 21 heavy (non-hydrogen) atoms. The summed E-state index contributed by atoms with van der Waals surface area (Å²) in [5, 5.41) is 0. The highest BCUT2D eigenvalue weighted by Crippen LogP contribution is 2.27. The summed E-state index contributed by atoms with van der Waals surface area (Å²) in [6.45, 7) is 1.78. The summed E-state index contributed by atoms with van der Waals surface area (Å²) in [6.07, 6.45) is 1.10. The predicted molar refractivity (Wildman–Crippen MR) is 76.2 cm³/mol. The fourth-order valence-corrected chi connectivity index (χ4v) is 3.94. The fourth-order valence-electron chi connectivity index (χ4n) is 2.37. The Morgan fingerprint density at radius 3 is 2.67 bits per heavy atom. The lowest BCUT2D eigenvalue weighted by Crippen LogP contribution is -2.44. The monoisotopic (exact) mass is 315 g/mol. The molecule has 1 fully saturated rings. The van der Waals surface area contributed by atoms with E-state index in [2.05, 4.69) is 0 Å². The van der Waals surface area contributed by atoms with Crippen molar-refractivity contribution in [3.05, 3.63) is 23.5 Å². The summed E-state index contributed by atoms with van der Waals surface area (Å²) in [7, 11) is -3.88. The number of benzene rings is 1. The summed E-state index contributed by atoms with van der Waals surface area (Å²) >= 11 is 0. The number of piperidine rings is 1. The summed E-state index contributed by atoms with van der Waals surface area (Å²) in [4.78, 5) is 11.0. The van der Waals surface area contributed by atoms with Gasteiger partial charge in [-0.2, -0.15) is 4.31 Å². The zero-order chi connectivity index (χ0) is 15.8. The van der Waals surface area contributed by atoms with E-state index in [1.807, 2.05) is 0 Å². The summed E-state index contributed by atoms with van der Waals surface area (Å²) < 4.78 is 39.9. The van der Waals surface area contributed by atoms with Crippen molar-refractivity contribution in [1.29, 1.82) is 0 Å². The minimum atomic E-state index is -3.88. The SMILES string of the molecule is Cc1c(N)cc(S(=O)(=O)N2CCCC(C(N)=O)C2)cc1F. The number of nitrogens with zero attached hydrogens (tertiary/aromatic N) is 1. The summed E-state index contributed by atoms with van der Waals surface area (Å²) in [6, 6.07) is 2.19. The molecule has 1 atom stereocenters. The number of halogens is 1. The van der Waals surface area contributed by atoms with Crippen LogP contribution in [0.4, 0.5) is 10.1 Å². The fraction of sp³-hybridized carbons (Fsp3) is 0.462. The van der Waals surface area contributed by atoms with Gasteiger partial charge in [0.15, 0.2) is 0 Å². The zero-order valence-electron chi connectivity index (χ0n) is 11.7. The van der Waals surface area contributed by atoms with Gasteiger partial charge in [0.25, 0.3) is 0 Å². The van der Waals surface area contributed by atoms with Crippen molar-refractivity contribution in [1.82, 2.24) is 4.31 Å². The van der Waals surface area contributed by atoms with E-state index in [0.29, 0.717) is 12.8 Å². The standard InChI is InChI=1S/C13H18FN3O3S/c1-8-11(14)5-10(6-12(8)15)21(19,20)17-4-2-3-9(7-17)13(16)18/h5-6,9H,2-4,7,15H2,1H3,(H2,16,18). The van der Waals surface area contributed by atoms with Gasteiger partial charge in [-0.15, -0.1) is 0 Å². The van der Waals surface area contributed by atoms with Crippen LogP contribution >= 0.6 is 0 Å². The number of carbonyl (C=O) groups is 1. The molecule has 1 aromatic carbocycles. The molecule has 1 aromatic rings. The van der Waals surface area contributed by atoms with Crippen LogP contribution in [-0.2, 0) is 14.8 Å². The number of nitrogen functional groups attached to an aromatic ring is 1. The highest BCUT2D eigenvalue weighted by Gasteiger charge is 2.33. The number of amides is 1. The van der Waals surface area contributed by atoms with Gasteiger partial charge in [0.1, 0.15) is 5.82 Å². The van der Waals surface area contributed by atoms with Crippen LogP contribution in [0.15, 0.2) is 17.0 Å². The largest absolute Gasteiger partial charge is 0.398 e. The van der Waals surface area contributed by atoms with Crippen LogP contribution in [0, 0.1) is 18.7 Å². The third-order valence-corrected chi connectivity index (χ3v) is 5.63. The summed E-state index contributed by atoms with van der Waals surface area (Å²) in [5.41, 5.74) is 11.2. The van der Waals surface area contributed by atoms with Gasteiger partial charge in [-0.05, 0) is 31.9 Å². The Bertz CT molecular complexity index is 652. The molecule has 2 rings (SSSR count). The molecule has 1 aliphatic rings. The van der Waals surface area contributed by atoms with Gasteiger partial charge in [0.2, 0.25) is 15.9 Å². The number of hydrogen-bond donors (Lipinski definition) is 2. The molecule has 1 saturated heterocycles. The van der Waals surface area contributed by atoms with Crippen LogP contribution in [-0.4, -0.2) is 31.7 Å². The smallest absolute Gasteiger partial charge is 0.243 e. The Kier molecular flexibility index (Phi) is 4.20. The number of nitrogens with two attached hydrogens (primary N) is 2. The maximum absolute atomic E-state index is 13.7. The summed E-state index contributed by atoms with van der Waals surface area (Å²) in [5.74, 6) is -1.71. The first-order chi connectivity index (χ1) is 9.73. The number of rotatable bonds is 3. The second kappa shape index (κ2) is 5.61.